The van der Waals surface area contributed by atoms with Crippen LogP contribution >= 0.6 is 0 Å². The van der Waals surface area contributed by atoms with Gasteiger partial charge in [-0.3, -0.25) is 0 Å². The Balaban J connectivity index is 1.80. The van der Waals surface area contributed by atoms with Crippen LogP contribution in [-0.4, -0.2) is 13.7 Å². The minimum Gasteiger partial charge on any atom is -0.494 e. The third-order valence-electron chi connectivity index (χ3n) is 5.15. The Kier molecular flexibility index (Phi) is 7.27. The van der Waals surface area contributed by atoms with Crippen LogP contribution in [0.2, 0.25) is 0 Å². The third-order valence-corrected chi connectivity index (χ3v) is 5.15. The van der Waals surface area contributed by atoms with Gasteiger partial charge in [0.15, 0.2) is 0 Å². The van der Waals surface area contributed by atoms with Crippen LogP contribution in [0.5, 0.6) is 5.75 Å². The first-order valence-corrected chi connectivity index (χ1v) is 10.2. The zero-order valence-corrected chi connectivity index (χ0v) is 17.2. The molecule has 0 aliphatic heterocycles. The van der Waals surface area contributed by atoms with Gasteiger partial charge < -0.3 is 9.47 Å². The molecule has 0 aromatic heterocycles. The first-order chi connectivity index (χ1) is 13.7. The highest BCUT2D eigenvalue weighted by Gasteiger charge is 2.09. The maximum absolute atomic E-state index is 5.85. The van der Waals surface area contributed by atoms with Gasteiger partial charge in [0.05, 0.1) is 12.7 Å². The summed E-state index contributed by atoms with van der Waals surface area (Å²) in [6.07, 6.45) is 3.64. The van der Waals surface area contributed by atoms with E-state index in [4.69, 9.17) is 9.47 Å². The first-order valence-electron chi connectivity index (χ1n) is 10.2. The largest absolute Gasteiger partial charge is 0.494 e. The fourth-order valence-electron chi connectivity index (χ4n) is 3.33. The molecule has 0 saturated carbocycles. The second-order valence-corrected chi connectivity index (χ2v) is 7.13. The van der Waals surface area contributed by atoms with E-state index in [2.05, 4.69) is 86.6 Å². The van der Waals surface area contributed by atoms with Crippen molar-refractivity contribution in [2.75, 3.05) is 13.7 Å². The van der Waals surface area contributed by atoms with Gasteiger partial charge in [0.1, 0.15) is 5.75 Å². The highest BCUT2D eigenvalue weighted by molar-refractivity contribution is 5.83. The van der Waals surface area contributed by atoms with Crippen LogP contribution in [-0.2, 0) is 4.74 Å². The summed E-state index contributed by atoms with van der Waals surface area (Å²) >= 11 is 0. The van der Waals surface area contributed by atoms with Crippen LogP contribution < -0.4 is 4.74 Å². The Labute approximate surface area is 169 Å². The Morgan fingerprint density at radius 2 is 1.32 bits per heavy atom. The molecule has 0 bridgehead atoms. The van der Waals surface area contributed by atoms with Crippen molar-refractivity contribution in [2.24, 2.45) is 0 Å². The van der Waals surface area contributed by atoms with E-state index < -0.39 is 0 Å². The lowest BCUT2D eigenvalue weighted by atomic mass is 9.94. The van der Waals surface area contributed by atoms with Gasteiger partial charge in [-0.2, -0.15) is 0 Å². The van der Waals surface area contributed by atoms with Crippen LogP contribution in [0, 0.1) is 0 Å². The average Bonchev–Trinajstić information content (AvgIpc) is 2.77. The normalized spacial score (nSPS) is 12.0. The standard InChI is InChI=1S/C26H30O2/c1-4-5-8-19-28-24-17-15-23(16-18-24)26-10-7-6-9-25(26)22-13-11-21(12-14-22)20(2)27-3/h6-7,9-18,20H,4-5,8,19H2,1-3H3. The smallest absolute Gasteiger partial charge is 0.119 e. The van der Waals surface area contributed by atoms with Crippen LogP contribution in [0.25, 0.3) is 22.3 Å². The highest BCUT2D eigenvalue weighted by Crippen LogP contribution is 2.33. The van der Waals surface area contributed by atoms with Crippen LogP contribution in [0.3, 0.4) is 0 Å². The summed E-state index contributed by atoms with van der Waals surface area (Å²) in [7, 11) is 1.74. The summed E-state index contributed by atoms with van der Waals surface area (Å²) in [4.78, 5) is 0. The van der Waals surface area contributed by atoms with Crippen molar-refractivity contribution >= 4 is 0 Å². The molecular weight excluding hydrogens is 344 g/mol. The topological polar surface area (TPSA) is 18.5 Å². The maximum atomic E-state index is 5.85. The Hall–Kier alpha value is -2.58. The molecule has 2 heteroatoms. The lowest BCUT2D eigenvalue weighted by molar-refractivity contribution is 0.119. The zero-order chi connectivity index (χ0) is 19.8. The zero-order valence-electron chi connectivity index (χ0n) is 17.2. The summed E-state index contributed by atoms with van der Waals surface area (Å²) < 4.78 is 11.3. The maximum Gasteiger partial charge on any atom is 0.119 e. The Bertz CT molecular complexity index is 850. The lowest BCUT2D eigenvalue weighted by Gasteiger charge is -2.13. The molecule has 0 heterocycles. The third kappa shape index (κ3) is 5.02. The molecule has 146 valence electrons. The number of rotatable bonds is 9. The van der Waals surface area contributed by atoms with Gasteiger partial charge in [0, 0.05) is 7.11 Å². The number of hydrogen-bond acceptors (Lipinski definition) is 2. The monoisotopic (exact) mass is 374 g/mol. The van der Waals surface area contributed by atoms with Gasteiger partial charge in [-0.1, -0.05) is 80.4 Å². The minimum absolute atomic E-state index is 0.106. The fourth-order valence-corrected chi connectivity index (χ4v) is 3.33. The number of unbranched alkanes of at least 4 members (excludes halogenated alkanes) is 2. The van der Waals surface area contributed by atoms with Crippen molar-refractivity contribution in [3.05, 3.63) is 78.4 Å². The molecule has 0 fully saturated rings. The van der Waals surface area contributed by atoms with Crippen LogP contribution in [0.15, 0.2) is 72.8 Å². The van der Waals surface area contributed by atoms with E-state index in [0.29, 0.717) is 0 Å². The van der Waals surface area contributed by atoms with Gasteiger partial charge in [0.2, 0.25) is 0 Å². The summed E-state index contributed by atoms with van der Waals surface area (Å²) in [6, 6.07) is 25.6. The molecule has 3 aromatic carbocycles. The van der Waals surface area contributed by atoms with Crippen molar-refractivity contribution in [1.29, 1.82) is 0 Å². The van der Waals surface area contributed by atoms with Crippen molar-refractivity contribution in [1.82, 2.24) is 0 Å². The van der Waals surface area contributed by atoms with Gasteiger partial charge in [-0.15, -0.1) is 0 Å². The van der Waals surface area contributed by atoms with Gasteiger partial charge in [0.25, 0.3) is 0 Å². The molecule has 2 nitrogen and oxygen atoms in total. The molecule has 0 amide bonds. The number of ether oxygens (including phenoxy) is 2. The second kappa shape index (κ2) is 10.1. The molecule has 0 radical (unpaired) electrons. The SMILES string of the molecule is CCCCCOc1ccc(-c2ccccc2-c2ccc(C(C)OC)cc2)cc1. The van der Waals surface area contributed by atoms with Crippen molar-refractivity contribution in [2.45, 2.75) is 39.2 Å². The summed E-state index contributed by atoms with van der Waals surface area (Å²) in [5.74, 6) is 0.940. The highest BCUT2D eigenvalue weighted by atomic mass is 16.5. The molecule has 28 heavy (non-hydrogen) atoms. The van der Waals surface area contributed by atoms with Crippen molar-refractivity contribution in [3.8, 4) is 28.0 Å². The number of hydrogen-bond donors (Lipinski definition) is 0. The Morgan fingerprint density at radius 3 is 1.86 bits per heavy atom. The molecule has 0 aliphatic rings. The van der Waals surface area contributed by atoms with E-state index >= 15 is 0 Å². The van der Waals surface area contributed by atoms with E-state index in [1.807, 2.05) is 0 Å². The van der Waals surface area contributed by atoms with Gasteiger partial charge >= 0.3 is 0 Å². The van der Waals surface area contributed by atoms with E-state index in [1.54, 1.807) is 7.11 Å². The molecule has 0 aliphatic carbocycles. The van der Waals surface area contributed by atoms with E-state index in [1.165, 1.54) is 40.7 Å². The molecule has 0 saturated heterocycles. The van der Waals surface area contributed by atoms with E-state index in [0.717, 1.165) is 18.8 Å². The lowest BCUT2D eigenvalue weighted by Crippen LogP contribution is -1.96. The molecule has 1 atom stereocenters. The number of methoxy groups -OCH3 is 1. The van der Waals surface area contributed by atoms with Crippen LogP contribution in [0.1, 0.15) is 44.8 Å². The molecule has 3 aromatic rings. The van der Waals surface area contributed by atoms with Crippen molar-refractivity contribution < 1.29 is 9.47 Å². The average molecular weight is 375 g/mol. The molecule has 3 rings (SSSR count). The molecule has 1 unspecified atom stereocenters. The molecular formula is C26H30O2. The van der Waals surface area contributed by atoms with Crippen LogP contribution in [0.4, 0.5) is 0 Å². The quantitative estimate of drug-likeness (QED) is 0.366. The van der Waals surface area contributed by atoms with E-state index in [9.17, 15) is 0 Å². The second-order valence-electron chi connectivity index (χ2n) is 7.13. The molecule has 0 N–H and O–H groups in total. The number of benzene rings is 3. The predicted octanol–water partition coefficient (Wildman–Crippen LogP) is 7.30. The molecule has 0 spiro atoms. The fraction of sp³-hybridized carbons (Fsp3) is 0.308. The van der Waals surface area contributed by atoms with E-state index in [-0.39, 0.29) is 6.10 Å². The summed E-state index contributed by atoms with van der Waals surface area (Å²) in [6.45, 7) is 5.06. The summed E-state index contributed by atoms with van der Waals surface area (Å²) in [5.41, 5.74) is 6.06. The minimum atomic E-state index is 0.106. The predicted molar refractivity (Wildman–Crippen MR) is 118 cm³/mol. The Morgan fingerprint density at radius 1 is 0.750 bits per heavy atom. The van der Waals surface area contributed by atoms with Gasteiger partial charge in [-0.05, 0) is 53.3 Å². The summed E-state index contributed by atoms with van der Waals surface area (Å²) in [5, 5.41) is 0. The van der Waals surface area contributed by atoms with Gasteiger partial charge in [-0.25, -0.2) is 0 Å². The first kappa shape index (κ1) is 20.2. The van der Waals surface area contributed by atoms with Crippen molar-refractivity contribution in [3.63, 3.8) is 0 Å².